The molecule has 0 bridgehead atoms. The van der Waals surface area contributed by atoms with Gasteiger partial charge >= 0.3 is 6.03 Å². The molecule has 72 valence electrons. The summed E-state index contributed by atoms with van der Waals surface area (Å²) in [6.07, 6.45) is 0.766. The molecule has 1 fully saturated rings. The van der Waals surface area contributed by atoms with Crippen molar-refractivity contribution in [3.05, 3.63) is 0 Å². The number of urea groups is 1. The first-order valence-electron chi connectivity index (χ1n) is 4.45. The summed E-state index contributed by atoms with van der Waals surface area (Å²) < 4.78 is 5.28. The standard InChI is InChI=1S/C8H13N3O2/c1-2-11-7(12)10-6(9)8(11)3-4-13-5-8/h2-5H2,1H3,(H2,9,10,12). The highest BCUT2D eigenvalue weighted by Gasteiger charge is 2.50. The topological polar surface area (TPSA) is 67.9 Å². The Hall–Kier alpha value is -1.10. The molecule has 5 nitrogen and oxygen atoms in total. The van der Waals surface area contributed by atoms with Crippen LogP contribution in [0.4, 0.5) is 4.79 Å². The summed E-state index contributed by atoms with van der Waals surface area (Å²) in [5.74, 6) is 0.414. The molecule has 2 rings (SSSR count). The van der Waals surface area contributed by atoms with Gasteiger partial charge in [-0.25, -0.2) is 4.79 Å². The lowest BCUT2D eigenvalue weighted by Crippen LogP contribution is -2.54. The van der Waals surface area contributed by atoms with E-state index in [0.29, 0.717) is 25.6 Å². The summed E-state index contributed by atoms with van der Waals surface area (Å²) >= 11 is 0. The highest BCUT2D eigenvalue weighted by molar-refractivity contribution is 6.06. The number of hydrogen-bond donors (Lipinski definition) is 1. The van der Waals surface area contributed by atoms with Crippen molar-refractivity contribution in [2.75, 3.05) is 19.8 Å². The van der Waals surface area contributed by atoms with E-state index in [9.17, 15) is 4.79 Å². The molecule has 0 radical (unpaired) electrons. The van der Waals surface area contributed by atoms with Crippen molar-refractivity contribution in [3.63, 3.8) is 0 Å². The molecule has 0 aromatic heterocycles. The van der Waals surface area contributed by atoms with E-state index in [-0.39, 0.29) is 6.03 Å². The first-order valence-corrected chi connectivity index (χ1v) is 4.45. The van der Waals surface area contributed by atoms with Gasteiger partial charge in [-0.3, -0.25) is 0 Å². The highest BCUT2D eigenvalue weighted by atomic mass is 16.5. The molecule has 1 unspecified atom stereocenters. The van der Waals surface area contributed by atoms with E-state index in [0.717, 1.165) is 6.42 Å². The third-order valence-electron chi connectivity index (χ3n) is 2.76. The number of rotatable bonds is 1. The van der Waals surface area contributed by atoms with Crippen LogP contribution in [0.25, 0.3) is 0 Å². The molecule has 1 saturated heterocycles. The van der Waals surface area contributed by atoms with Crippen molar-refractivity contribution in [1.29, 1.82) is 0 Å². The molecule has 0 saturated carbocycles. The van der Waals surface area contributed by atoms with Crippen LogP contribution < -0.4 is 5.73 Å². The molecule has 0 aromatic carbocycles. The minimum Gasteiger partial charge on any atom is -0.385 e. The van der Waals surface area contributed by atoms with Crippen LogP contribution in [-0.4, -0.2) is 42.1 Å². The van der Waals surface area contributed by atoms with Gasteiger partial charge in [0.1, 0.15) is 11.4 Å². The van der Waals surface area contributed by atoms with E-state index in [4.69, 9.17) is 10.5 Å². The zero-order valence-corrected chi connectivity index (χ0v) is 7.62. The smallest absolute Gasteiger partial charge is 0.346 e. The lowest BCUT2D eigenvalue weighted by Gasteiger charge is -2.31. The highest BCUT2D eigenvalue weighted by Crippen LogP contribution is 2.31. The third-order valence-corrected chi connectivity index (χ3v) is 2.76. The van der Waals surface area contributed by atoms with Gasteiger partial charge in [-0.2, -0.15) is 4.99 Å². The summed E-state index contributed by atoms with van der Waals surface area (Å²) in [5.41, 5.74) is 5.31. The van der Waals surface area contributed by atoms with Crippen LogP contribution in [0.15, 0.2) is 4.99 Å². The lowest BCUT2D eigenvalue weighted by molar-refractivity contribution is 0.139. The molecular weight excluding hydrogens is 170 g/mol. The van der Waals surface area contributed by atoms with Gasteiger partial charge in [0.25, 0.3) is 0 Å². The average Bonchev–Trinajstić information content (AvgIpc) is 2.62. The fourth-order valence-corrected chi connectivity index (χ4v) is 2.00. The Morgan fingerprint density at radius 2 is 2.54 bits per heavy atom. The Balaban J connectivity index is 2.34. The first kappa shape index (κ1) is 8.50. The summed E-state index contributed by atoms with van der Waals surface area (Å²) in [6.45, 7) is 3.69. The van der Waals surface area contributed by atoms with Crippen LogP contribution in [0.1, 0.15) is 13.3 Å². The van der Waals surface area contributed by atoms with Gasteiger partial charge in [-0.1, -0.05) is 0 Å². The van der Waals surface area contributed by atoms with E-state index < -0.39 is 5.54 Å². The molecule has 2 amide bonds. The second-order valence-corrected chi connectivity index (χ2v) is 3.36. The molecule has 2 N–H and O–H groups in total. The quantitative estimate of drug-likeness (QED) is 0.620. The van der Waals surface area contributed by atoms with Gasteiger partial charge in [0.2, 0.25) is 0 Å². The normalized spacial score (nSPS) is 33.2. The van der Waals surface area contributed by atoms with Crippen molar-refractivity contribution in [1.82, 2.24) is 4.90 Å². The van der Waals surface area contributed by atoms with Crippen LogP contribution in [0, 0.1) is 0 Å². The third kappa shape index (κ3) is 0.966. The predicted molar refractivity (Wildman–Crippen MR) is 47.6 cm³/mol. The van der Waals surface area contributed by atoms with Crippen molar-refractivity contribution >= 4 is 11.9 Å². The van der Waals surface area contributed by atoms with Crippen molar-refractivity contribution < 1.29 is 9.53 Å². The Labute approximate surface area is 76.6 Å². The molecule has 0 aliphatic carbocycles. The predicted octanol–water partition coefficient (Wildman–Crippen LogP) is -0.0418. The molecular formula is C8H13N3O2. The number of amides is 2. The van der Waals surface area contributed by atoms with Gasteiger partial charge in [0.15, 0.2) is 0 Å². The molecule has 5 heteroatoms. The Morgan fingerprint density at radius 3 is 3.08 bits per heavy atom. The van der Waals surface area contributed by atoms with E-state index in [1.54, 1.807) is 4.90 Å². The van der Waals surface area contributed by atoms with Crippen molar-refractivity contribution in [2.45, 2.75) is 18.9 Å². The van der Waals surface area contributed by atoms with Gasteiger partial charge in [-0.15, -0.1) is 0 Å². The number of carbonyl (C=O) groups excluding carboxylic acids is 1. The van der Waals surface area contributed by atoms with Crippen LogP contribution >= 0.6 is 0 Å². The first-order chi connectivity index (χ1) is 6.20. The zero-order chi connectivity index (χ0) is 9.47. The maximum atomic E-state index is 11.4. The van der Waals surface area contributed by atoms with Crippen LogP contribution in [0.5, 0.6) is 0 Å². The van der Waals surface area contributed by atoms with Crippen LogP contribution in [0.3, 0.4) is 0 Å². The average molecular weight is 183 g/mol. The molecule has 1 atom stereocenters. The Morgan fingerprint density at radius 1 is 1.77 bits per heavy atom. The fourth-order valence-electron chi connectivity index (χ4n) is 2.00. The van der Waals surface area contributed by atoms with Crippen molar-refractivity contribution in [2.24, 2.45) is 10.7 Å². The molecule has 2 aliphatic heterocycles. The number of nitrogens with zero attached hydrogens (tertiary/aromatic N) is 2. The second kappa shape index (κ2) is 2.70. The SMILES string of the molecule is CCN1C(=O)N=C(N)C12CCOC2. The zero-order valence-electron chi connectivity index (χ0n) is 7.62. The molecule has 2 heterocycles. The van der Waals surface area contributed by atoms with Gasteiger partial charge < -0.3 is 15.4 Å². The lowest BCUT2D eigenvalue weighted by atomic mass is 9.96. The molecule has 0 aromatic rings. The number of likely N-dealkylation sites (N-methyl/N-ethyl adjacent to an activating group) is 1. The summed E-state index contributed by atoms with van der Waals surface area (Å²) in [7, 11) is 0. The minimum absolute atomic E-state index is 0.231. The number of carbonyl (C=O) groups is 1. The van der Waals surface area contributed by atoms with E-state index in [1.807, 2.05) is 6.92 Å². The largest absolute Gasteiger partial charge is 0.385 e. The minimum atomic E-state index is -0.425. The fraction of sp³-hybridized carbons (Fsp3) is 0.750. The number of hydrogen-bond acceptors (Lipinski definition) is 3. The Kier molecular flexibility index (Phi) is 1.76. The number of ether oxygens (including phenoxy) is 1. The molecule has 2 aliphatic rings. The maximum absolute atomic E-state index is 11.4. The van der Waals surface area contributed by atoms with Crippen LogP contribution in [0.2, 0.25) is 0 Å². The molecule has 1 spiro atoms. The summed E-state index contributed by atoms with van der Waals surface area (Å²) in [6, 6.07) is -0.231. The van der Waals surface area contributed by atoms with E-state index in [2.05, 4.69) is 4.99 Å². The van der Waals surface area contributed by atoms with Gasteiger partial charge in [0.05, 0.1) is 6.61 Å². The summed E-state index contributed by atoms with van der Waals surface area (Å²) in [4.78, 5) is 16.8. The number of nitrogens with two attached hydrogens (primary N) is 1. The van der Waals surface area contributed by atoms with E-state index >= 15 is 0 Å². The monoisotopic (exact) mass is 183 g/mol. The van der Waals surface area contributed by atoms with Gasteiger partial charge in [-0.05, 0) is 6.92 Å². The summed E-state index contributed by atoms with van der Waals surface area (Å²) in [5, 5.41) is 0. The van der Waals surface area contributed by atoms with Crippen molar-refractivity contribution in [3.8, 4) is 0 Å². The van der Waals surface area contributed by atoms with E-state index in [1.165, 1.54) is 0 Å². The number of aliphatic imine (C=N–C) groups is 1. The van der Waals surface area contributed by atoms with Crippen LogP contribution in [-0.2, 0) is 4.74 Å². The Bertz CT molecular complexity index is 269. The van der Waals surface area contributed by atoms with Gasteiger partial charge in [0, 0.05) is 19.6 Å². The molecule has 13 heavy (non-hydrogen) atoms. The second-order valence-electron chi connectivity index (χ2n) is 3.36. The number of amidine groups is 1. The maximum Gasteiger partial charge on any atom is 0.346 e.